The highest BCUT2D eigenvalue weighted by Gasteiger charge is 2.32. The number of quaternary nitrogens is 1. The molecule has 0 saturated carbocycles. The molecule has 134 valence electrons. The highest BCUT2D eigenvalue weighted by molar-refractivity contribution is 9.10. The van der Waals surface area contributed by atoms with E-state index in [0.29, 0.717) is 36.6 Å². The van der Waals surface area contributed by atoms with Gasteiger partial charge in [-0.15, -0.1) is 0 Å². The van der Waals surface area contributed by atoms with Crippen LogP contribution in [0.2, 0.25) is 0 Å². The molecule has 2 aliphatic heterocycles. The van der Waals surface area contributed by atoms with E-state index in [1.807, 2.05) is 24.3 Å². The Balaban J connectivity index is 1.67. The van der Waals surface area contributed by atoms with E-state index < -0.39 is 0 Å². The van der Waals surface area contributed by atoms with Gasteiger partial charge in [-0.1, -0.05) is 34.1 Å². The van der Waals surface area contributed by atoms with E-state index in [4.69, 9.17) is 9.47 Å². The van der Waals surface area contributed by atoms with Gasteiger partial charge in [0.25, 0.3) is 0 Å². The van der Waals surface area contributed by atoms with Crippen LogP contribution in [0.1, 0.15) is 21.5 Å². The average Bonchev–Trinajstić information content (AvgIpc) is 2.96. The lowest BCUT2D eigenvalue weighted by atomic mass is 10.0. The number of carbonyl (C=O) groups excluding carboxylic acids is 1. The van der Waals surface area contributed by atoms with Crippen molar-refractivity contribution in [3.63, 3.8) is 0 Å². The van der Waals surface area contributed by atoms with Gasteiger partial charge in [-0.3, -0.25) is 4.79 Å². The Morgan fingerprint density at radius 3 is 2.69 bits per heavy atom. The normalized spacial score (nSPS) is 18.8. The number of benzene rings is 2. The first-order valence-corrected chi connectivity index (χ1v) is 9.37. The third kappa shape index (κ3) is 3.28. The van der Waals surface area contributed by atoms with Gasteiger partial charge in [-0.05, 0) is 29.8 Å². The Morgan fingerprint density at radius 1 is 1.15 bits per heavy atom. The Kier molecular flexibility index (Phi) is 4.80. The molecule has 0 radical (unpaired) electrons. The SMILES string of the molecule is O=C1/C(=C/c2ccccc2Br)Oc2c1ccc(O)c2C[NH+]1CCOCC1. The molecule has 0 unspecified atom stereocenters. The summed E-state index contributed by atoms with van der Waals surface area (Å²) in [6.07, 6.45) is 1.73. The van der Waals surface area contributed by atoms with E-state index in [1.54, 1.807) is 18.2 Å². The van der Waals surface area contributed by atoms with Crippen LogP contribution in [0.4, 0.5) is 0 Å². The van der Waals surface area contributed by atoms with E-state index in [-0.39, 0.29) is 17.3 Å². The van der Waals surface area contributed by atoms with Crippen LogP contribution in [0.15, 0.2) is 46.6 Å². The fraction of sp³-hybridized carbons (Fsp3) is 0.250. The lowest BCUT2D eigenvalue weighted by Crippen LogP contribution is -3.12. The minimum atomic E-state index is -0.158. The van der Waals surface area contributed by atoms with Gasteiger partial charge < -0.3 is 19.5 Å². The fourth-order valence-electron chi connectivity index (χ4n) is 3.29. The van der Waals surface area contributed by atoms with Crippen molar-refractivity contribution < 1.29 is 24.3 Å². The number of phenolic OH excluding ortho intramolecular Hbond substituents is 1. The topological polar surface area (TPSA) is 60.2 Å². The maximum atomic E-state index is 12.8. The van der Waals surface area contributed by atoms with Crippen molar-refractivity contribution >= 4 is 27.8 Å². The van der Waals surface area contributed by atoms with Crippen LogP contribution in [0.25, 0.3) is 6.08 Å². The van der Waals surface area contributed by atoms with Gasteiger partial charge in [-0.25, -0.2) is 0 Å². The summed E-state index contributed by atoms with van der Waals surface area (Å²) in [6, 6.07) is 10.9. The Morgan fingerprint density at radius 2 is 1.92 bits per heavy atom. The molecule has 2 heterocycles. The van der Waals surface area contributed by atoms with Crippen LogP contribution in [0, 0.1) is 0 Å². The molecule has 0 spiro atoms. The predicted molar refractivity (Wildman–Crippen MR) is 100 cm³/mol. The molecule has 0 aromatic heterocycles. The number of rotatable bonds is 3. The number of halogens is 1. The van der Waals surface area contributed by atoms with Crippen molar-refractivity contribution in [2.45, 2.75) is 6.54 Å². The van der Waals surface area contributed by atoms with Gasteiger partial charge in [-0.2, -0.15) is 0 Å². The van der Waals surface area contributed by atoms with Crippen LogP contribution in [0.5, 0.6) is 11.5 Å². The number of fused-ring (bicyclic) bond motifs is 1. The zero-order chi connectivity index (χ0) is 18.1. The van der Waals surface area contributed by atoms with E-state index >= 15 is 0 Å². The third-order valence-corrected chi connectivity index (χ3v) is 5.46. The summed E-state index contributed by atoms with van der Waals surface area (Å²) in [5.41, 5.74) is 2.06. The average molecular weight is 417 g/mol. The number of hydrogen-bond acceptors (Lipinski definition) is 4. The molecule has 1 fully saturated rings. The van der Waals surface area contributed by atoms with E-state index in [0.717, 1.165) is 23.1 Å². The Hall–Kier alpha value is -2.15. The molecular weight excluding hydrogens is 398 g/mol. The van der Waals surface area contributed by atoms with Crippen LogP contribution < -0.4 is 9.64 Å². The van der Waals surface area contributed by atoms with E-state index in [1.165, 1.54) is 4.90 Å². The molecule has 2 N–H and O–H groups in total. The monoisotopic (exact) mass is 416 g/mol. The lowest BCUT2D eigenvalue weighted by Gasteiger charge is -2.24. The second kappa shape index (κ2) is 7.23. The summed E-state index contributed by atoms with van der Waals surface area (Å²) in [6.45, 7) is 3.76. The summed E-state index contributed by atoms with van der Waals surface area (Å²) in [5.74, 6) is 0.759. The van der Waals surface area contributed by atoms with Gasteiger partial charge in [0.05, 0.1) is 24.3 Å². The van der Waals surface area contributed by atoms with Gasteiger partial charge in [0.2, 0.25) is 5.78 Å². The smallest absolute Gasteiger partial charge is 0.231 e. The fourth-order valence-corrected chi connectivity index (χ4v) is 3.69. The summed E-state index contributed by atoms with van der Waals surface area (Å²) in [7, 11) is 0. The minimum absolute atomic E-state index is 0.158. The number of carbonyl (C=O) groups is 1. The van der Waals surface area contributed by atoms with Crippen LogP contribution >= 0.6 is 15.9 Å². The summed E-state index contributed by atoms with van der Waals surface area (Å²) < 4.78 is 12.2. The highest BCUT2D eigenvalue weighted by atomic mass is 79.9. The number of phenols is 1. The summed E-state index contributed by atoms with van der Waals surface area (Å²) in [4.78, 5) is 14.1. The number of aromatic hydroxyl groups is 1. The molecule has 2 aromatic carbocycles. The van der Waals surface area contributed by atoms with Crippen molar-refractivity contribution in [1.82, 2.24) is 0 Å². The Labute approximate surface area is 160 Å². The number of nitrogens with one attached hydrogen (secondary N) is 1. The number of allylic oxidation sites excluding steroid dienone is 1. The second-order valence-corrected chi connectivity index (χ2v) is 7.29. The zero-order valence-electron chi connectivity index (χ0n) is 14.1. The quantitative estimate of drug-likeness (QED) is 0.752. The molecule has 2 aliphatic rings. The lowest BCUT2D eigenvalue weighted by molar-refractivity contribution is -0.921. The molecule has 2 aromatic rings. The molecule has 1 saturated heterocycles. The first kappa shape index (κ1) is 17.3. The standard InChI is InChI=1S/C20H18BrNO4/c21-16-4-2-1-3-13(16)11-18-19(24)14-5-6-17(23)15(20(14)26-18)12-22-7-9-25-10-8-22/h1-6,11,23H,7-10,12H2/p+1/b18-11-. The summed E-state index contributed by atoms with van der Waals surface area (Å²) >= 11 is 3.48. The molecule has 0 amide bonds. The molecule has 6 heteroatoms. The molecule has 0 aliphatic carbocycles. The molecule has 0 atom stereocenters. The maximum Gasteiger partial charge on any atom is 0.231 e. The maximum absolute atomic E-state index is 12.8. The third-order valence-electron chi connectivity index (χ3n) is 4.73. The highest BCUT2D eigenvalue weighted by Crippen LogP contribution is 2.39. The molecule has 26 heavy (non-hydrogen) atoms. The molecule has 5 nitrogen and oxygen atoms in total. The number of ether oxygens (including phenoxy) is 2. The van der Waals surface area contributed by atoms with E-state index in [9.17, 15) is 9.90 Å². The van der Waals surface area contributed by atoms with Crippen molar-refractivity contribution in [2.75, 3.05) is 26.3 Å². The van der Waals surface area contributed by atoms with Crippen LogP contribution in [-0.2, 0) is 11.3 Å². The van der Waals surface area contributed by atoms with E-state index in [2.05, 4.69) is 15.9 Å². The van der Waals surface area contributed by atoms with Gasteiger partial charge in [0, 0.05) is 4.47 Å². The second-order valence-electron chi connectivity index (χ2n) is 6.44. The minimum Gasteiger partial charge on any atom is -0.507 e. The van der Waals surface area contributed by atoms with Gasteiger partial charge in [0.15, 0.2) is 11.5 Å². The number of Topliss-reactive ketones (excluding diaryl/α,β-unsaturated/α-hetero) is 1. The van der Waals surface area contributed by atoms with Crippen LogP contribution in [-0.4, -0.2) is 37.2 Å². The van der Waals surface area contributed by atoms with Crippen LogP contribution in [0.3, 0.4) is 0 Å². The summed E-state index contributed by atoms with van der Waals surface area (Å²) in [5, 5.41) is 10.3. The van der Waals surface area contributed by atoms with Gasteiger partial charge in [0.1, 0.15) is 25.4 Å². The molecule has 0 bridgehead atoms. The first-order valence-electron chi connectivity index (χ1n) is 8.58. The number of morpholine rings is 1. The van der Waals surface area contributed by atoms with Crippen molar-refractivity contribution in [2.24, 2.45) is 0 Å². The Bertz CT molecular complexity index is 887. The predicted octanol–water partition coefficient (Wildman–Crippen LogP) is 2.19. The largest absolute Gasteiger partial charge is 0.507 e. The number of hydrogen-bond donors (Lipinski definition) is 2. The first-order chi connectivity index (χ1) is 12.6. The van der Waals surface area contributed by atoms with Crippen molar-refractivity contribution in [3.05, 3.63) is 63.3 Å². The molecule has 4 rings (SSSR count). The van der Waals surface area contributed by atoms with Gasteiger partial charge >= 0.3 is 0 Å². The zero-order valence-corrected chi connectivity index (χ0v) is 15.7. The number of ketones is 1. The van der Waals surface area contributed by atoms with Crippen molar-refractivity contribution in [1.29, 1.82) is 0 Å². The molecular formula is C20H19BrNO4+. The van der Waals surface area contributed by atoms with Crippen molar-refractivity contribution in [3.8, 4) is 11.5 Å².